The van der Waals surface area contributed by atoms with Gasteiger partial charge in [-0.1, -0.05) is 35.3 Å². The quantitative estimate of drug-likeness (QED) is 0.347. The molecule has 39 heavy (non-hydrogen) atoms. The van der Waals surface area contributed by atoms with Crippen molar-refractivity contribution in [1.29, 1.82) is 0 Å². The summed E-state index contributed by atoms with van der Waals surface area (Å²) < 4.78 is 23.0. The molecule has 2 aromatic carbocycles. The smallest absolute Gasteiger partial charge is 0.241 e. The van der Waals surface area contributed by atoms with Gasteiger partial charge >= 0.3 is 0 Å². The van der Waals surface area contributed by atoms with Crippen LogP contribution in [0.2, 0.25) is 5.02 Å². The molecule has 2 saturated heterocycles. The number of anilines is 1. The van der Waals surface area contributed by atoms with Crippen LogP contribution in [0, 0.1) is 5.82 Å². The van der Waals surface area contributed by atoms with Gasteiger partial charge in [0.15, 0.2) is 0 Å². The van der Waals surface area contributed by atoms with E-state index in [0.29, 0.717) is 40.6 Å². The van der Waals surface area contributed by atoms with E-state index in [0.717, 1.165) is 57.7 Å². The number of fused-ring (bicyclic) bond motifs is 1. The number of piperazine rings is 1. The van der Waals surface area contributed by atoms with E-state index in [1.54, 1.807) is 12.3 Å². The minimum Gasteiger partial charge on any atom is -0.367 e. The van der Waals surface area contributed by atoms with Crippen LogP contribution in [0.25, 0.3) is 22.3 Å². The molecule has 4 aromatic rings. The Morgan fingerprint density at radius 3 is 2.46 bits per heavy atom. The van der Waals surface area contributed by atoms with Gasteiger partial charge in [-0.2, -0.15) is 4.98 Å². The Hall–Kier alpha value is -3.27. The third-order valence-corrected chi connectivity index (χ3v) is 8.03. The number of benzene rings is 2. The molecule has 0 N–H and O–H groups in total. The van der Waals surface area contributed by atoms with Crippen molar-refractivity contribution in [2.24, 2.45) is 0 Å². The Kier molecular flexibility index (Phi) is 7.38. The van der Waals surface area contributed by atoms with Crippen LogP contribution in [0.4, 0.5) is 10.1 Å². The predicted molar refractivity (Wildman–Crippen MR) is 151 cm³/mol. The molecule has 8 nitrogen and oxygen atoms in total. The molecule has 2 fully saturated rings. The summed E-state index contributed by atoms with van der Waals surface area (Å²) >= 11 is 6.11. The van der Waals surface area contributed by atoms with E-state index >= 15 is 4.39 Å². The van der Waals surface area contributed by atoms with E-state index in [9.17, 15) is 4.79 Å². The highest BCUT2D eigenvalue weighted by molar-refractivity contribution is 6.30. The van der Waals surface area contributed by atoms with Crippen molar-refractivity contribution < 1.29 is 8.91 Å². The highest BCUT2D eigenvalue weighted by Gasteiger charge is 2.23. The van der Waals surface area contributed by atoms with Crippen LogP contribution >= 0.6 is 11.6 Å². The van der Waals surface area contributed by atoms with Crippen LogP contribution in [-0.2, 0) is 13.1 Å². The van der Waals surface area contributed by atoms with Crippen LogP contribution < -0.4 is 10.3 Å². The van der Waals surface area contributed by atoms with Crippen molar-refractivity contribution in [3.05, 3.63) is 75.1 Å². The van der Waals surface area contributed by atoms with Gasteiger partial charge in [-0.3, -0.25) is 9.69 Å². The second kappa shape index (κ2) is 11.1. The average Bonchev–Trinajstić information content (AvgIpc) is 3.40. The molecule has 0 spiro atoms. The van der Waals surface area contributed by atoms with Crippen molar-refractivity contribution >= 4 is 28.2 Å². The summed E-state index contributed by atoms with van der Waals surface area (Å²) in [6, 6.07) is 10.7. The number of nitrogens with zero attached hydrogens (tertiary/aromatic N) is 6. The number of halogens is 2. The fourth-order valence-corrected chi connectivity index (χ4v) is 5.63. The van der Waals surface area contributed by atoms with Gasteiger partial charge in [0.25, 0.3) is 0 Å². The fourth-order valence-electron chi connectivity index (χ4n) is 5.50. The Morgan fingerprint density at radius 1 is 0.974 bits per heavy atom. The average molecular weight is 551 g/mol. The van der Waals surface area contributed by atoms with E-state index in [2.05, 4.69) is 27.0 Å². The summed E-state index contributed by atoms with van der Waals surface area (Å²) in [6.07, 6.45) is 5.31. The molecule has 2 aliphatic heterocycles. The van der Waals surface area contributed by atoms with E-state index in [4.69, 9.17) is 16.1 Å². The first-order valence-corrected chi connectivity index (χ1v) is 13.9. The maximum Gasteiger partial charge on any atom is 0.241 e. The van der Waals surface area contributed by atoms with Gasteiger partial charge in [-0.15, -0.1) is 0 Å². The number of hydrogen-bond donors (Lipinski definition) is 0. The van der Waals surface area contributed by atoms with Crippen LogP contribution in [0.1, 0.15) is 30.7 Å². The maximum atomic E-state index is 15.5. The van der Waals surface area contributed by atoms with Crippen LogP contribution in [-0.4, -0.2) is 70.8 Å². The molecule has 0 amide bonds. The van der Waals surface area contributed by atoms with Gasteiger partial charge in [0.1, 0.15) is 5.82 Å². The minimum atomic E-state index is -0.404. The highest BCUT2D eigenvalue weighted by Crippen LogP contribution is 2.28. The molecule has 0 bridgehead atoms. The molecular formula is C29H32ClFN6O2. The minimum absolute atomic E-state index is 0.224. The van der Waals surface area contributed by atoms with Crippen LogP contribution in [0.15, 0.2) is 51.9 Å². The molecule has 0 atom stereocenters. The summed E-state index contributed by atoms with van der Waals surface area (Å²) in [5.74, 6) is 0.299. The first-order chi connectivity index (χ1) is 18.9. The zero-order valence-corrected chi connectivity index (χ0v) is 22.8. The number of aromatic nitrogens is 3. The topological polar surface area (TPSA) is 70.6 Å². The lowest BCUT2D eigenvalue weighted by molar-refractivity contribution is 0.193. The molecule has 2 aliphatic rings. The van der Waals surface area contributed by atoms with Crippen LogP contribution in [0.5, 0.6) is 0 Å². The summed E-state index contributed by atoms with van der Waals surface area (Å²) in [5, 5.41) is 5.09. The summed E-state index contributed by atoms with van der Waals surface area (Å²) in [6.45, 7) is 6.17. The van der Waals surface area contributed by atoms with Crippen molar-refractivity contribution in [3.8, 4) is 11.4 Å². The zero-order chi connectivity index (χ0) is 26.9. The number of pyridine rings is 1. The highest BCUT2D eigenvalue weighted by atomic mass is 35.5. The number of hydrogen-bond acceptors (Lipinski definition) is 7. The van der Waals surface area contributed by atoms with Gasteiger partial charge in [-0.05, 0) is 62.8 Å². The van der Waals surface area contributed by atoms with Gasteiger partial charge in [0.05, 0.1) is 23.3 Å². The molecule has 0 unspecified atom stereocenters. The lowest BCUT2D eigenvalue weighted by Crippen LogP contribution is -2.44. The molecule has 204 valence electrons. The zero-order valence-electron chi connectivity index (χ0n) is 22.1. The van der Waals surface area contributed by atoms with E-state index in [1.165, 1.54) is 12.5 Å². The summed E-state index contributed by atoms with van der Waals surface area (Å²) in [4.78, 5) is 24.8. The fraction of sp³-hybridized carbons (Fsp3) is 0.414. The SMILES string of the molecule is CN1CCN(c2cc3c(cc2F)c(=O)c(-c2noc(CN4CCCCC4)n2)cn3Cc2ccc(Cl)cc2)CC1. The molecule has 0 radical (unpaired) electrons. The predicted octanol–water partition coefficient (Wildman–Crippen LogP) is 4.63. The second-order valence-corrected chi connectivity index (χ2v) is 11.0. The van der Waals surface area contributed by atoms with E-state index in [1.807, 2.05) is 33.7 Å². The Balaban J connectivity index is 1.42. The Morgan fingerprint density at radius 2 is 1.72 bits per heavy atom. The largest absolute Gasteiger partial charge is 0.367 e. The molecule has 0 saturated carbocycles. The van der Waals surface area contributed by atoms with E-state index < -0.39 is 5.82 Å². The van der Waals surface area contributed by atoms with Crippen molar-refractivity contribution in [1.82, 2.24) is 24.5 Å². The second-order valence-electron chi connectivity index (χ2n) is 10.6. The third-order valence-electron chi connectivity index (χ3n) is 7.78. The van der Waals surface area contributed by atoms with Crippen molar-refractivity contribution in [2.75, 3.05) is 51.2 Å². The van der Waals surface area contributed by atoms with E-state index in [-0.39, 0.29) is 16.8 Å². The number of likely N-dealkylation sites (N-methyl/N-ethyl adjacent to an activating group) is 1. The lowest BCUT2D eigenvalue weighted by atomic mass is 10.1. The third kappa shape index (κ3) is 5.57. The molecule has 10 heteroatoms. The first-order valence-electron chi connectivity index (χ1n) is 13.5. The monoisotopic (exact) mass is 550 g/mol. The molecule has 4 heterocycles. The van der Waals surface area contributed by atoms with Gasteiger partial charge < -0.3 is 18.9 Å². The Bertz CT molecular complexity index is 1520. The molecule has 2 aromatic heterocycles. The number of piperidine rings is 1. The lowest BCUT2D eigenvalue weighted by Gasteiger charge is -2.34. The Labute approximate surface area is 231 Å². The summed E-state index contributed by atoms with van der Waals surface area (Å²) in [7, 11) is 2.06. The molecule has 0 aliphatic carbocycles. The normalized spacial score (nSPS) is 17.3. The number of likely N-dealkylation sites (tertiary alicyclic amines) is 1. The molecule has 6 rings (SSSR count). The summed E-state index contributed by atoms with van der Waals surface area (Å²) in [5.41, 5.74) is 2.14. The van der Waals surface area contributed by atoms with Crippen molar-refractivity contribution in [2.45, 2.75) is 32.4 Å². The van der Waals surface area contributed by atoms with Gasteiger partial charge in [-0.25, -0.2) is 4.39 Å². The van der Waals surface area contributed by atoms with Crippen LogP contribution in [0.3, 0.4) is 0 Å². The molecular weight excluding hydrogens is 519 g/mol. The first kappa shape index (κ1) is 26.0. The maximum absolute atomic E-state index is 15.5. The van der Waals surface area contributed by atoms with Gasteiger partial charge in [0.2, 0.25) is 17.1 Å². The number of rotatable bonds is 6. The van der Waals surface area contributed by atoms with Gasteiger partial charge in [0, 0.05) is 49.3 Å². The standard InChI is InChI=1S/C29H32ClFN6O2/c1-34-11-13-36(14-12-34)26-16-25-22(15-24(26)31)28(38)23(18-37(25)17-20-5-7-21(30)8-6-20)29-32-27(39-33-29)19-35-9-3-2-4-10-35/h5-8,15-16,18H,2-4,9-14,17,19H2,1H3. The van der Waals surface area contributed by atoms with Crippen molar-refractivity contribution in [3.63, 3.8) is 0 Å².